The number of ether oxygens (including phenoxy) is 1. The molecule has 1 saturated heterocycles. The predicted molar refractivity (Wildman–Crippen MR) is 88.9 cm³/mol. The lowest BCUT2D eigenvalue weighted by atomic mass is 9.98. The number of hydrogen-bond acceptors (Lipinski definition) is 6. The van der Waals surface area contributed by atoms with E-state index in [0.717, 1.165) is 12.1 Å². The Bertz CT molecular complexity index is 871. The molecule has 1 aliphatic heterocycles. The SMILES string of the molecule is Cc1cc(COC(=O)C2CCN(S(=O)(=O)c3ccc(F)cc3)CC2)on1. The van der Waals surface area contributed by atoms with E-state index < -0.39 is 15.8 Å². The lowest BCUT2D eigenvalue weighted by Gasteiger charge is -2.30. The van der Waals surface area contributed by atoms with Crippen LogP contribution < -0.4 is 0 Å². The van der Waals surface area contributed by atoms with Gasteiger partial charge in [-0.3, -0.25) is 4.79 Å². The highest BCUT2D eigenvalue weighted by molar-refractivity contribution is 7.89. The smallest absolute Gasteiger partial charge is 0.309 e. The van der Waals surface area contributed by atoms with E-state index in [1.54, 1.807) is 13.0 Å². The number of aryl methyl sites for hydroxylation is 1. The van der Waals surface area contributed by atoms with Gasteiger partial charge in [-0.05, 0) is 44.0 Å². The summed E-state index contributed by atoms with van der Waals surface area (Å²) in [5, 5.41) is 3.72. The van der Waals surface area contributed by atoms with Crippen molar-refractivity contribution < 1.29 is 26.9 Å². The predicted octanol–water partition coefficient (Wildman–Crippen LogP) is 2.27. The molecule has 0 bridgehead atoms. The van der Waals surface area contributed by atoms with Gasteiger partial charge in [0.25, 0.3) is 0 Å². The molecular weight excluding hydrogens is 363 g/mol. The van der Waals surface area contributed by atoms with Gasteiger partial charge in [0.15, 0.2) is 12.4 Å². The van der Waals surface area contributed by atoms with Crippen molar-refractivity contribution in [2.24, 2.45) is 5.92 Å². The lowest BCUT2D eigenvalue weighted by Crippen LogP contribution is -2.40. The van der Waals surface area contributed by atoms with Crippen LogP contribution >= 0.6 is 0 Å². The van der Waals surface area contributed by atoms with Gasteiger partial charge in [0.05, 0.1) is 16.5 Å². The van der Waals surface area contributed by atoms with E-state index in [0.29, 0.717) is 24.3 Å². The Morgan fingerprint density at radius 1 is 1.31 bits per heavy atom. The van der Waals surface area contributed by atoms with Crippen molar-refractivity contribution in [1.82, 2.24) is 9.46 Å². The number of carbonyl (C=O) groups is 1. The van der Waals surface area contributed by atoms with Crippen molar-refractivity contribution >= 4 is 16.0 Å². The molecular formula is C17H19FN2O5S. The molecule has 1 aliphatic rings. The normalized spacial score (nSPS) is 16.5. The number of carbonyl (C=O) groups excluding carboxylic acids is 1. The zero-order valence-electron chi connectivity index (χ0n) is 14.2. The zero-order valence-corrected chi connectivity index (χ0v) is 15.0. The second-order valence-corrected chi connectivity index (χ2v) is 8.11. The average molecular weight is 382 g/mol. The number of sulfonamides is 1. The Hall–Kier alpha value is -2.26. The van der Waals surface area contributed by atoms with Crippen LogP contribution in [0.5, 0.6) is 0 Å². The summed E-state index contributed by atoms with van der Waals surface area (Å²) in [7, 11) is -3.69. The number of aromatic nitrogens is 1. The molecule has 0 spiro atoms. The molecule has 2 aromatic rings. The number of piperidine rings is 1. The summed E-state index contributed by atoms with van der Waals surface area (Å²) in [5.41, 5.74) is 0.704. The Morgan fingerprint density at radius 3 is 2.54 bits per heavy atom. The maximum Gasteiger partial charge on any atom is 0.309 e. The second-order valence-electron chi connectivity index (χ2n) is 6.17. The lowest BCUT2D eigenvalue weighted by molar-refractivity contribution is -0.151. The van der Waals surface area contributed by atoms with Crippen LogP contribution in [0.15, 0.2) is 39.8 Å². The van der Waals surface area contributed by atoms with Gasteiger partial charge in [0.2, 0.25) is 10.0 Å². The van der Waals surface area contributed by atoms with Crippen LogP contribution in [0.4, 0.5) is 4.39 Å². The van der Waals surface area contributed by atoms with Gasteiger partial charge in [-0.15, -0.1) is 0 Å². The van der Waals surface area contributed by atoms with Crippen molar-refractivity contribution in [3.63, 3.8) is 0 Å². The van der Waals surface area contributed by atoms with E-state index in [4.69, 9.17) is 9.26 Å². The minimum Gasteiger partial charge on any atom is -0.457 e. The summed E-state index contributed by atoms with van der Waals surface area (Å²) in [6.45, 7) is 2.20. The van der Waals surface area contributed by atoms with Crippen LogP contribution in [0.1, 0.15) is 24.3 Å². The largest absolute Gasteiger partial charge is 0.457 e. The molecule has 1 aromatic heterocycles. The number of benzene rings is 1. The van der Waals surface area contributed by atoms with E-state index in [2.05, 4.69) is 5.16 Å². The Labute approximate surface area is 150 Å². The highest BCUT2D eigenvalue weighted by Gasteiger charge is 2.32. The number of nitrogens with zero attached hydrogens (tertiary/aromatic N) is 2. The summed E-state index contributed by atoms with van der Waals surface area (Å²) in [6.07, 6.45) is 0.739. The monoisotopic (exact) mass is 382 g/mol. The van der Waals surface area contributed by atoms with Gasteiger partial charge in [-0.2, -0.15) is 4.31 Å². The van der Waals surface area contributed by atoms with E-state index in [1.807, 2.05) is 0 Å². The van der Waals surface area contributed by atoms with Gasteiger partial charge in [0.1, 0.15) is 5.82 Å². The Balaban J connectivity index is 1.54. The third-order valence-electron chi connectivity index (χ3n) is 4.27. The van der Waals surface area contributed by atoms with Crippen LogP contribution in [0, 0.1) is 18.7 Å². The van der Waals surface area contributed by atoms with Crippen LogP contribution in [-0.4, -0.2) is 36.9 Å². The third-order valence-corrected chi connectivity index (χ3v) is 6.18. The van der Waals surface area contributed by atoms with Gasteiger partial charge in [0, 0.05) is 19.2 Å². The fourth-order valence-corrected chi connectivity index (χ4v) is 4.30. The summed E-state index contributed by atoms with van der Waals surface area (Å²) < 4.78 is 49.6. The van der Waals surface area contributed by atoms with Gasteiger partial charge < -0.3 is 9.26 Å². The van der Waals surface area contributed by atoms with Crippen molar-refractivity contribution in [2.45, 2.75) is 31.3 Å². The number of rotatable bonds is 5. The van der Waals surface area contributed by atoms with Gasteiger partial charge >= 0.3 is 5.97 Å². The Morgan fingerprint density at radius 2 is 1.96 bits per heavy atom. The van der Waals surface area contributed by atoms with Gasteiger partial charge in [-0.1, -0.05) is 5.16 Å². The van der Waals surface area contributed by atoms with Crippen molar-refractivity contribution in [1.29, 1.82) is 0 Å². The first-order chi connectivity index (χ1) is 12.4. The maximum absolute atomic E-state index is 13.0. The molecule has 0 radical (unpaired) electrons. The van der Waals surface area contributed by atoms with E-state index >= 15 is 0 Å². The second kappa shape index (κ2) is 7.55. The molecule has 0 N–H and O–H groups in total. The number of halogens is 1. The molecule has 0 unspecified atom stereocenters. The average Bonchev–Trinajstić information content (AvgIpc) is 3.05. The first-order valence-corrected chi connectivity index (χ1v) is 9.65. The highest BCUT2D eigenvalue weighted by Crippen LogP contribution is 2.25. The fourth-order valence-electron chi connectivity index (χ4n) is 2.83. The molecule has 0 saturated carbocycles. The molecule has 9 heteroatoms. The van der Waals surface area contributed by atoms with Crippen LogP contribution in [-0.2, 0) is 26.2 Å². The van der Waals surface area contributed by atoms with Crippen LogP contribution in [0.2, 0.25) is 0 Å². The molecule has 0 aliphatic carbocycles. The molecule has 0 amide bonds. The summed E-state index contributed by atoms with van der Waals surface area (Å²) >= 11 is 0. The fraction of sp³-hybridized carbons (Fsp3) is 0.412. The quantitative estimate of drug-likeness (QED) is 0.737. The van der Waals surface area contributed by atoms with Crippen LogP contribution in [0.25, 0.3) is 0 Å². The molecule has 26 heavy (non-hydrogen) atoms. The van der Waals surface area contributed by atoms with E-state index in [-0.39, 0.29) is 36.5 Å². The molecule has 3 rings (SSSR count). The third kappa shape index (κ3) is 4.10. The molecule has 1 aromatic carbocycles. The Kier molecular flexibility index (Phi) is 5.38. The maximum atomic E-state index is 13.0. The zero-order chi connectivity index (χ0) is 18.7. The summed E-state index contributed by atoms with van der Waals surface area (Å²) in [6, 6.07) is 6.39. The molecule has 140 valence electrons. The molecule has 0 atom stereocenters. The van der Waals surface area contributed by atoms with E-state index in [1.165, 1.54) is 16.4 Å². The molecule has 2 heterocycles. The summed E-state index contributed by atoms with van der Waals surface area (Å²) in [4.78, 5) is 12.2. The minimum absolute atomic E-state index is 0.00770. The first kappa shape index (κ1) is 18.5. The van der Waals surface area contributed by atoms with Gasteiger partial charge in [-0.25, -0.2) is 12.8 Å². The standard InChI is InChI=1S/C17H19FN2O5S/c1-12-10-15(25-19-12)11-24-17(21)13-6-8-20(9-7-13)26(22,23)16-4-2-14(18)3-5-16/h2-5,10,13H,6-9,11H2,1H3. The van der Waals surface area contributed by atoms with Crippen LogP contribution in [0.3, 0.4) is 0 Å². The topological polar surface area (TPSA) is 89.7 Å². The number of esters is 1. The van der Waals surface area contributed by atoms with Crippen molar-refractivity contribution in [3.05, 3.63) is 47.6 Å². The number of hydrogen-bond donors (Lipinski definition) is 0. The molecule has 1 fully saturated rings. The highest BCUT2D eigenvalue weighted by atomic mass is 32.2. The first-order valence-electron chi connectivity index (χ1n) is 8.21. The van der Waals surface area contributed by atoms with E-state index in [9.17, 15) is 17.6 Å². The van der Waals surface area contributed by atoms with Crippen molar-refractivity contribution in [3.8, 4) is 0 Å². The summed E-state index contributed by atoms with van der Waals surface area (Å²) in [5.74, 6) is -0.768. The molecule has 7 nitrogen and oxygen atoms in total. The minimum atomic E-state index is -3.69. The van der Waals surface area contributed by atoms with Crippen molar-refractivity contribution in [2.75, 3.05) is 13.1 Å².